The maximum Gasteiger partial charge on any atom is 0.255 e. The van der Waals surface area contributed by atoms with E-state index in [1.807, 2.05) is 25.1 Å². The Morgan fingerprint density at radius 3 is 2.32 bits per heavy atom. The molecule has 0 aliphatic heterocycles. The Kier molecular flexibility index (Phi) is 8.01. The van der Waals surface area contributed by atoms with E-state index >= 15 is 0 Å². The number of primary amides is 1. The Labute approximate surface area is 258 Å². The van der Waals surface area contributed by atoms with Crippen LogP contribution in [-0.2, 0) is 21.4 Å². The van der Waals surface area contributed by atoms with Crippen LogP contribution in [0.15, 0.2) is 59.1 Å². The average molecular weight is 603 g/mol. The standard InChI is InChI=1S/C35H42N2O7/c1-7-8-15-44-24-14-13-21(18-9-11-20(12-10-18)34(2,3)4)22-16-19-17-23-28(37(5)6)30(39)27(33(36)42)32(41)35(23,43)31(40)25(19)29(38)26(22)24/h9-14,19,23,28,39-40,43H,7-8,15-17H2,1-6H3,(H2,36,42). The maximum atomic E-state index is 14.4. The number of Topliss-reactive ketones (excluding diaryl/α,β-unsaturated/α-hetero) is 2. The lowest BCUT2D eigenvalue weighted by atomic mass is 9.58. The van der Waals surface area contributed by atoms with E-state index in [2.05, 4.69) is 32.9 Å². The number of ketones is 2. The molecule has 2 aromatic rings. The number of aliphatic hydroxyl groups is 3. The predicted octanol–water partition coefficient (Wildman–Crippen LogP) is 4.56. The van der Waals surface area contributed by atoms with E-state index in [-0.39, 0.29) is 17.4 Å². The summed E-state index contributed by atoms with van der Waals surface area (Å²) in [7, 11) is 3.26. The van der Waals surface area contributed by atoms with Crippen molar-refractivity contribution in [3.63, 3.8) is 0 Å². The molecule has 5 N–H and O–H groups in total. The second-order valence-electron chi connectivity index (χ2n) is 13.5. The number of allylic oxidation sites excluding steroid dienone is 1. The van der Waals surface area contributed by atoms with Crippen molar-refractivity contribution >= 4 is 17.5 Å². The number of hydrogen-bond acceptors (Lipinski definition) is 8. The number of aliphatic hydroxyl groups excluding tert-OH is 2. The lowest BCUT2D eigenvalue weighted by molar-refractivity contribution is -0.148. The van der Waals surface area contributed by atoms with Gasteiger partial charge >= 0.3 is 0 Å². The number of carbonyl (C=O) groups excluding carboxylic acids is 3. The van der Waals surface area contributed by atoms with Crippen LogP contribution in [0.3, 0.4) is 0 Å². The quantitative estimate of drug-likeness (QED) is 0.266. The van der Waals surface area contributed by atoms with E-state index in [0.717, 1.165) is 29.5 Å². The van der Waals surface area contributed by atoms with Gasteiger partial charge in [-0.05, 0) is 73.0 Å². The topological polar surface area (TPSA) is 150 Å². The number of rotatable bonds is 7. The monoisotopic (exact) mass is 602 g/mol. The van der Waals surface area contributed by atoms with Gasteiger partial charge in [-0.15, -0.1) is 0 Å². The zero-order valence-electron chi connectivity index (χ0n) is 26.2. The van der Waals surface area contributed by atoms with Crippen molar-refractivity contribution < 1.29 is 34.4 Å². The van der Waals surface area contributed by atoms with Gasteiger partial charge in [0, 0.05) is 11.5 Å². The second-order valence-corrected chi connectivity index (χ2v) is 13.5. The summed E-state index contributed by atoms with van der Waals surface area (Å²) in [5.74, 6) is -5.55. The number of nitrogens with two attached hydrogens (primary N) is 1. The van der Waals surface area contributed by atoms with Gasteiger partial charge in [-0.25, -0.2) is 0 Å². The van der Waals surface area contributed by atoms with Crippen molar-refractivity contribution in [1.29, 1.82) is 0 Å². The summed E-state index contributed by atoms with van der Waals surface area (Å²) < 4.78 is 6.09. The van der Waals surface area contributed by atoms with Crippen LogP contribution in [0.4, 0.5) is 0 Å². The maximum absolute atomic E-state index is 14.4. The van der Waals surface area contributed by atoms with E-state index < -0.39 is 58.0 Å². The van der Waals surface area contributed by atoms with Crippen molar-refractivity contribution in [2.75, 3.05) is 20.7 Å². The van der Waals surface area contributed by atoms with Crippen LogP contribution in [0.25, 0.3) is 11.1 Å². The predicted molar refractivity (Wildman–Crippen MR) is 167 cm³/mol. The number of benzene rings is 2. The van der Waals surface area contributed by atoms with Gasteiger partial charge in [-0.3, -0.25) is 19.3 Å². The highest BCUT2D eigenvalue weighted by atomic mass is 16.5. The van der Waals surface area contributed by atoms with E-state index in [1.165, 1.54) is 5.56 Å². The highest BCUT2D eigenvalue weighted by molar-refractivity contribution is 6.25. The van der Waals surface area contributed by atoms with Crippen molar-refractivity contribution in [1.82, 2.24) is 4.90 Å². The summed E-state index contributed by atoms with van der Waals surface area (Å²) in [6.07, 6.45) is 2.10. The molecule has 4 unspecified atom stereocenters. The molecule has 3 aliphatic rings. The average Bonchev–Trinajstić information content (AvgIpc) is 2.94. The Morgan fingerprint density at radius 2 is 1.75 bits per heavy atom. The minimum Gasteiger partial charge on any atom is -0.510 e. The van der Waals surface area contributed by atoms with Crippen molar-refractivity contribution in [2.45, 2.75) is 70.4 Å². The Hall–Kier alpha value is -3.95. The highest BCUT2D eigenvalue weighted by Crippen LogP contribution is 2.53. The summed E-state index contributed by atoms with van der Waals surface area (Å²) >= 11 is 0. The first-order chi connectivity index (χ1) is 20.6. The summed E-state index contributed by atoms with van der Waals surface area (Å²) in [4.78, 5) is 41.9. The smallest absolute Gasteiger partial charge is 0.255 e. The minimum absolute atomic E-state index is 0.0319. The third-order valence-corrected chi connectivity index (χ3v) is 9.41. The van der Waals surface area contributed by atoms with Crippen LogP contribution in [0.2, 0.25) is 0 Å². The van der Waals surface area contributed by atoms with Crippen LogP contribution in [0.1, 0.15) is 68.4 Å². The minimum atomic E-state index is -2.62. The molecular weight excluding hydrogens is 560 g/mol. The fourth-order valence-electron chi connectivity index (χ4n) is 7.10. The van der Waals surface area contributed by atoms with Gasteiger partial charge in [0.15, 0.2) is 11.4 Å². The van der Waals surface area contributed by atoms with Gasteiger partial charge in [0.25, 0.3) is 5.91 Å². The Balaban J connectivity index is 1.70. The number of nitrogens with zero attached hydrogens (tertiary/aromatic N) is 1. The fraction of sp³-hybridized carbons (Fsp3) is 0.457. The third-order valence-electron chi connectivity index (χ3n) is 9.41. The second kappa shape index (κ2) is 11.2. The number of likely N-dealkylation sites (N-methyl/N-ethyl adjacent to an activating group) is 1. The first-order valence-corrected chi connectivity index (χ1v) is 15.2. The molecule has 4 atom stereocenters. The highest BCUT2D eigenvalue weighted by Gasteiger charge is 2.63. The Bertz CT molecular complexity index is 1600. The van der Waals surface area contributed by atoms with E-state index in [9.17, 15) is 29.7 Å². The summed E-state index contributed by atoms with van der Waals surface area (Å²) in [6.45, 7) is 8.87. The van der Waals surface area contributed by atoms with Crippen LogP contribution in [0.5, 0.6) is 5.75 Å². The van der Waals surface area contributed by atoms with Crippen LogP contribution >= 0.6 is 0 Å². The van der Waals surface area contributed by atoms with E-state index in [4.69, 9.17) is 10.5 Å². The molecule has 1 amide bonds. The molecule has 2 aromatic carbocycles. The summed E-state index contributed by atoms with van der Waals surface area (Å²) in [5, 5.41) is 34.6. The molecular formula is C35H42N2O7. The van der Waals surface area contributed by atoms with Gasteiger partial charge in [-0.1, -0.05) is 64.4 Å². The van der Waals surface area contributed by atoms with Gasteiger partial charge in [0.1, 0.15) is 22.8 Å². The molecule has 9 nitrogen and oxygen atoms in total. The molecule has 0 radical (unpaired) electrons. The fourth-order valence-corrected chi connectivity index (χ4v) is 7.10. The number of unbranched alkanes of at least 4 members (excludes halogenated alkanes) is 1. The van der Waals surface area contributed by atoms with Gasteiger partial charge in [0.2, 0.25) is 5.78 Å². The van der Waals surface area contributed by atoms with Crippen molar-refractivity contribution in [3.8, 4) is 16.9 Å². The molecule has 5 rings (SSSR count). The summed E-state index contributed by atoms with van der Waals surface area (Å²) in [6, 6.07) is 10.9. The lowest BCUT2D eigenvalue weighted by Gasteiger charge is -2.50. The zero-order chi connectivity index (χ0) is 32.3. The molecule has 0 heterocycles. The molecule has 3 aliphatic carbocycles. The third kappa shape index (κ3) is 4.82. The number of carbonyl (C=O) groups is 3. The zero-order valence-corrected chi connectivity index (χ0v) is 26.2. The molecule has 234 valence electrons. The first kappa shape index (κ1) is 31.5. The number of ether oxygens (including phenoxy) is 1. The SMILES string of the molecule is CCCCOc1ccc(-c2ccc(C(C)(C)C)cc2)c2c1C(=O)C1=C(O)C3(O)C(=O)C(C(N)=O)=C(O)C(N(C)C)C3CC1C2. The normalized spacial score (nSPS) is 25.1. The molecule has 0 fully saturated rings. The first-order valence-electron chi connectivity index (χ1n) is 15.2. The lowest BCUT2D eigenvalue weighted by Crippen LogP contribution is -2.63. The molecule has 0 bridgehead atoms. The van der Waals surface area contributed by atoms with Crippen LogP contribution < -0.4 is 10.5 Å². The van der Waals surface area contributed by atoms with E-state index in [0.29, 0.717) is 24.3 Å². The van der Waals surface area contributed by atoms with E-state index in [1.54, 1.807) is 25.1 Å². The molecule has 0 spiro atoms. The molecule has 0 aromatic heterocycles. The molecule has 44 heavy (non-hydrogen) atoms. The number of hydrogen-bond donors (Lipinski definition) is 4. The van der Waals surface area contributed by atoms with Crippen molar-refractivity contribution in [2.24, 2.45) is 17.6 Å². The molecule has 0 saturated carbocycles. The molecule has 9 heteroatoms. The van der Waals surface area contributed by atoms with Gasteiger partial charge in [-0.2, -0.15) is 0 Å². The summed E-state index contributed by atoms with van der Waals surface area (Å²) in [5.41, 5.74) is 5.97. The number of fused-ring (bicyclic) bond motifs is 3. The van der Waals surface area contributed by atoms with Crippen molar-refractivity contribution in [3.05, 3.63) is 75.8 Å². The van der Waals surface area contributed by atoms with Crippen LogP contribution in [0, 0.1) is 11.8 Å². The number of amides is 1. The largest absolute Gasteiger partial charge is 0.510 e. The Morgan fingerprint density at radius 1 is 1.09 bits per heavy atom. The van der Waals surface area contributed by atoms with Gasteiger partial charge < -0.3 is 25.8 Å². The molecule has 0 saturated heterocycles. The van der Waals surface area contributed by atoms with Gasteiger partial charge in [0.05, 0.1) is 18.2 Å². The van der Waals surface area contributed by atoms with Crippen LogP contribution in [-0.4, -0.2) is 70.0 Å².